The summed E-state index contributed by atoms with van der Waals surface area (Å²) in [5.74, 6) is 7.27. The molecular formula is C20H15BrN4O3. The summed E-state index contributed by atoms with van der Waals surface area (Å²) in [6, 6.07) is 7.36. The molecule has 0 saturated heterocycles. The number of hydrogen-bond acceptors (Lipinski definition) is 6. The molecule has 0 radical (unpaired) electrons. The van der Waals surface area contributed by atoms with Gasteiger partial charge in [-0.1, -0.05) is 32.9 Å². The Morgan fingerprint density at radius 3 is 2.86 bits per heavy atom. The predicted octanol–water partition coefficient (Wildman–Crippen LogP) is 3.61. The van der Waals surface area contributed by atoms with Gasteiger partial charge in [0.05, 0.1) is 16.5 Å². The third-order valence-corrected chi connectivity index (χ3v) is 4.58. The SMILES string of the molecule is Cc1cc(Nc2nc3c(C#C[C@@H](C)O)c[nH]c(=O)c3c3cc(Br)ccc23)no1. The Kier molecular flexibility index (Phi) is 4.63. The molecular weight excluding hydrogens is 424 g/mol. The molecule has 0 bridgehead atoms. The Morgan fingerprint density at radius 1 is 1.32 bits per heavy atom. The lowest BCUT2D eigenvalue weighted by molar-refractivity contribution is 0.253. The highest BCUT2D eigenvalue weighted by Crippen LogP contribution is 2.32. The number of fused-ring (bicyclic) bond motifs is 3. The smallest absolute Gasteiger partial charge is 0.258 e. The van der Waals surface area contributed by atoms with Crippen LogP contribution in [0.1, 0.15) is 18.2 Å². The first-order chi connectivity index (χ1) is 13.4. The summed E-state index contributed by atoms with van der Waals surface area (Å²) in [5, 5.41) is 18.5. The van der Waals surface area contributed by atoms with E-state index >= 15 is 0 Å². The zero-order valence-electron chi connectivity index (χ0n) is 15.0. The summed E-state index contributed by atoms with van der Waals surface area (Å²) in [7, 11) is 0. The summed E-state index contributed by atoms with van der Waals surface area (Å²) >= 11 is 3.46. The molecule has 140 valence electrons. The lowest BCUT2D eigenvalue weighted by Crippen LogP contribution is -2.09. The Hall–Kier alpha value is -3.15. The van der Waals surface area contributed by atoms with E-state index in [4.69, 9.17) is 4.52 Å². The standard InChI is InChI=1S/C20H15BrN4O3/c1-10(26)3-4-12-9-22-20(27)17-15-8-13(21)5-6-14(15)19(24-18(12)17)23-16-7-11(2)28-25-16/h5-10,26H,1-2H3,(H,22,27)(H,23,24,25)/t10-/m1/s1. The van der Waals surface area contributed by atoms with Gasteiger partial charge in [0.25, 0.3) is 5.56 Å². The summed E-state index contributed by atoms with van der Waals surface area (Å²) in [5.41, 5.74) is 0.680. The Bertz CT molecular complexity index is 1330. The predicted molar refractivity (Wildman–Crippen MR) is 111 cm³/mol. The number of aromatic nitrogens is 3. The molecule has 1 aromatic carbocycles. The highest BCUT2D eigenvalue weighted by molar-refractivity contribution is 9.10. The van der Waals surface area contributed by atoms with Crippen LogP contribution in [0.3, 0.4) is 0 Å². The minimum absolute atomic E-state index is 0.267. The minimum atomic E-state index is -0.799. The van der Waals surface area contributed by atoms with Gasteiger partial charge in [-0.05, 0) is 32.0 Å². The fourth-order valence-corrected chi connectivity index (χ4v) is 3.27. The van der Waals surface area contributed by atoms with Gasteiger partial charge in [0.15, 0.2) is 5.82 Å². The van der Waals surface area contributed by atoms with E-state index in [9.17, 15) is 9.90 Å². The quantitative estimate of drug-likeness (QED) is 0.326. The maximum atomic E-state index is 12.6. The number of benzene rings is 1. The van der Waals surface area contributed by atoms with Gasteiger partial charge in [-0.15, -0.1) is 0 Å². The van der Waals surface area contributed by atoms with Crippen LogP contribution in [0.25, 0.3) is 21.7 Å². The first-order valence-corrected chi connectivity index (χ1v) is 9.26. The topological polar surface area (TPSA) is 104 Å². The van der Waals surface area contributed by atoms with Crippen LogP contribution in [0.5, 0.6) is 0 Å². The number of hydrogen-bond donors (Lipinski definition) is 3. The van der Waals surface area contributed by atoms with Crippen LogP contribution < -0.4 is 10.9 Å². The first-order valence-electron chi connectivity index (χ1n) is 8.47. The molecule has 0 aliphatic heterocycles. The van der Waals surface area contributed by atoms with E-state index in [0.29, 0.717) is 39.2 Å². The van der Waals surface area contributed by atoms with Gasteiger partial charge in [-0.3, -0.25) is 4.79 Å². The van der Waals surface area contributed by atoms with Crippen molar-refractivity contribution in [1.82, 2.24) is 15.1 Å². The average Bonchev–Trinajstić information content (AvgIpc) is 3.05. The van der Waals surface area contributed by atoms with Crippen molar-refractivity contribution in [1.29, 1.82) is 0 Å². The van der Waals surface area contributed by atoms with Crippen LogP contribution in [0.2, 0.25) is 0 Å². The fraction of sp³-hybridized carbons (Fsp3) is 0.150. The molecule has 3 heterocycles. The van der Waals surface area contributed by atoms with E-state index in [1.807, 2.05) is 18.2 Å². The zero-order chi connectivity index (χ0) is 19.8. The number of halogens is 1. The van der Waals surface area contributed by atoms with E-state index in [1.165, 1.54) is 6.20 Å². The van der Waals surface area contributed by atoms with E-state index in [0.717, 1.165) is 9.86 Å². The average molecular weight is 439 g/mol. The molecule has 4 aromatic rings. The van der Waals surface area contributed by atoms with Gasteiger partial charge in [0, 0.05) is 27.5 Å². The summed E-state index contributed by atoms with van der Waals surface area (Å²) < 4.78 is 5.94. The number of nitrogens with one attached hydrogen (secondary N) is 2. The first kappa shape index (κ1) is 18.2. The lowest BCUT2D eigenvalue weighted by Gasteiger charge is -2.11. The van der Waals surface area contributed by atoms with E-state index in [2.05, 4.69) is 48.2 Å². The molecule has 0 unspecified atom stereocenters. The number of aliphatic hydroxyl groups is 1. The monoisotopic (exact) mass is 438 g/mol. The second-order valence-corrected chi connectivity index (χ2v) is 7.21. The van der Waals surface area contributed by atoms with Gasteiger partial charge in [-0.2, -0.15) is 0 Å². The number of aliphatic hydroxyl groups excluding tert-OH is 1. The molecule has 3 N–H and O–H groups in total. The van der Waals surface area contributed by atoms with E-state index < -0.39 is 6.10 Å². The van der Waals surface area contributed by atoms with Crippen molar-refractivity contribution in [2.75, 3.05) is 5.32 Å². The van der Waals surface area contributed by atoms with E-state index in [1.54, 1.807) is 19.9 Å². The Morgan fingerprint density at radius 2 is 2.14 bits per heavy atom. The molecule has 4 rings (SSSR count). The number of aryl methyl sites for hydroxylation is 1. The lowest BCUT2D eigenvalue weighted by atomic mass is 10.0. The second-order valence-electron chi connectivity index (χ2n) is 6.30. The van der Waals surface area contributed by atoms with Gasteiger partial charge >= 0.3 is 0 Å². The molecule has 0 aliphatic rings. The van der Waals surface area contributed by atoms with Crippen molar-refractivity contribution in [3.8, 4) is 11.8 Å². The molecule has 0 fully saturated rings. The number of pyridine rings is 2. The summed E-state index contributed by atoms with van der Waals surface area (Å²) in [6.45, 7) is 3.37. The van der Waals surface area contributed by atoms with Gasteiger partial charge in [0.2, 0.25) is 0 Å². The van der Waals surface area contributed by atoms with Crippen LogP contribution in [-0.2, 0) is 0 Å². The van der Waals surface area contributed by atoms with Crippen molar-refractivity contribution in [2.45, 2.75) is 20.0 Å². The van der Waals surface area contributed by atoms with Crippen LogP contribution in [-0.4, -0.2) is 26.3 Å². The number of nitrogens with zero attached hydrogens (tertiary/aromatic N) is 2. The van der Waals surface area contributed by atoms with Crippen LogP contribution in [0.4, 0.5) is 11.6 Å². The Labute approximate surface area is 167 Å². The molecule has 1 atom stereocenters. The van der Waals surface area contributed by atoms with Crippen molar-refractivity contribution in [3.63, 3.8) is 0 Å². The molecule has 0 spiro atoms. The van der Waals surface area contributed by atoms with Crippen LogP contribution in [0.15, 0.2) is 44.3 Å². The van der Waals surface area contributed by atoms with Crippen molar-refractivity contribution < 1.29 is 9.63 Å². The van der Waals surface area contributed by atoms with Gasteiger partial charge in [-0.25, -0.2) is 4.98 Å². The molecule has 3 aromatic heterocycles. The third kappa shape index (κ3) is 3.38. The van der Waals surface area contributed by atoms with Crippen LogP contribution in [0, 0.1) is 18.8 Å². The molecule has 0 amide bonds. The maximum Gasteiger partial charge on any atom is 0.258 e. The largest absolute Gasteiger partial charge is 0.381 e. The second kappa shape index (κ2) is 7.11. The minimum Gasteiger partial charge on any atom is -0.381 e. The fourth-order valence-electron chi connectivity index (χ4n) is 2.91. The number of H-pyrrole nitrogens is 1. The molecule has 0 saturated carbocycles. The van der Waals surface area contributed by atoms with Crippen molar-refractivity contribution in [2.24, 2.45) is 0 Å². The van der Waals surface area contributed by atoms with Crippen molar-refractivity contribution in [3.05, 3.63) is 56.6 Å². The molecule has 0 aliphatic carbocycles. The normalized spacial score (nSPS) is 12.0. The van der Waals surface area contributed by atoms with Gasteiger partial charge in [0.1, 0.15) is 17.7 Å². The zero-order valence-corrected chi connectivity index (χ0v) is 16.6. The highest BCUT2D eigenvalue weighted by atomic mass is 79.9. The van der Waals surface area contributed by atoms with Crippen LogP contribution >= 0.6 is 15.9 Å². The number of aromatic amines is 1. The molecule has 7 nitrogen and oxygen atoms in total. The number of anilines is 2. The van der Waals surface area contributed by atoms with Gasteiger partial charge < -0.3 is 19.9 Å². The number of rotatable bonds is 2. The summed E-state index contributed by atoms with van der Waals surface area (Å²) in [4.78, 5) is 20.0. The molecule has 8 heteroatoms. The highest BCUT2D eigenvalue weighted by Gasteiger charge is 2.15. The molecule has 28 heavy (non-hydrogen) atoms. The third-order valence-electron chi connectivity index (χ3n) is 4.09. The van der Waals surface area contributed by atoms with E-state index in [-0.39, 0.29) is 5.56 Å². The van der Waals surface area contributed by atoms with Crippen molar-refractivity contribution >= 4 is 49.2 Å². The summed E-state index contributed by atoms with van der Waals surface area (Å²) in [6.07, 6.45) is 0.702. The maximum absolute atomic E-state index is 12.6. The Balaban J connectivity index is 2.06.